The molecule has 1 heterocycles. The molecule has 1 aromatic carbocycles. The summed E-state index contributed by atoms with van der Waals surface area (Å²) in [6, 6.07) is 5.79. The third-order valence-electron chi connectivity index (χ3n) is 3.93. The van der Waals surface area contributed by atoms with Gasteiger partial charge in [-0.1, -0.05) is 23.2 Å². The predicted octanol–water partition coefficient (Wildman–Crippen LogP) is 3.78. The van der Waals surface area contributed by atoms with Gasteiger partial charge in [0.2, 0.25) is 0 Å². The Kier molecular flexibility index (Phi) is 4.20. The second-order valence-electron chi connectivity index (χ2n) is 5.42. The average Bonchev–Trinajstić information content (AvgIpc) is 3.28. The standard InChI is InChI=1S/C15H17Cl2NO2/c16-13-4-1-10(9-14(13)17)15(19)18(11-2-3-11)12-5-7-20-8-6-12/h1,4,9,11-12H,2-3,5-8H2. The van der Waals surface area contributed by atoms with Crippen molar-refractivity contribution in [3.63, 3.8) is 0 Å². The molecule has 0 N–H and O–H groups in total. The van der Waals surface area contributed by atoms with E-state index in [0.29, 0.717) is 27.7 Å². The highest BCUT2D eigenvalue weighted by Crippen LogP contribution is 2.33. The molecule has 108 valence electrons. The van der Waals surface area contributed by atoms with Crippen molar-refractivity contribution in [2.75, 3.05) is 13.2 Å². The molecule has 3 rings (SSSR count). The molecule has 3 nitrogen and oxygen atoms in total. The fourth-order valence-corrected chi connectivity index (χ4v) is 3.02. The van der Waals surface area contributed by atoms with Crippen molar-refractivity contribution in [3.05, 3.63) is 33.8 Å². The molecule has 1 aromatic rings. The summed E-state index contributed by atoms with van der Waals surface area (Å²) in [6.45, 7) is 1.48. The van der Waals surface area contributed by atoms with E-state index < -0.39 is 0 Å². The van der Waals surface area contributed by atoms with Crippen LogP contribution >= 0.6 is 23.2 Å². The minimum Gasteiger partial charge on any atom is -0.381 e. The van der Waals surface area contributed by atoms with Crippen LogP contribution in [-0.4, -0.2) is 36.1 Å². The van der Waals surface area contributed by atoms with Crippen molar-refractivity contribution >= 4 is 29.1 Å². The van der Waals surface area contributed by atoms with E-state index in [2.05, 4.69) is 0 Å². The van der Waals surface area contributed by atoms with Gasteiger partial charge in [0.15, 0.2) is 0 Å². The third kappa shape index (κ3) is 2.95. The Morgan fingerprint density at radius 1 is 1.05 bits per heavy atom. The Bertz CT molecular complexity index is 511. The molecule has 2 fully saturated rings. The van der Waals surface area contributed by atoms with Crippen LogP contribution in [0.5, 0.6) is 0 Å². The van der Waals surface area contributed by atoms with Crippen molar-refractivity contribution in [2.24, 2.45) is 0 Å². The minimum absolute atomic E-state index is 0.0676. The molecule has 1 saturated carbocycles. The number of carbonyl (C=O) groups is 1. The van der Waals surface area contributed by atoms with Gasteiger partial charge >= 0.3 is 0 Å². The van der Waals surface area contributed by atoms with Crippen LogP contribution in [0.25, 0.3) is 0 Å². The number of carbonyl (C=O) groups excluding carboxylic acids is 1. The van der Waals surface area contributed by atoms with Gasteiger partial charge in [0.25, 0.3) is 5.91 Å². The molecule has 1 saturated heterocycles. The zero-order valence-electron chi connectivity index (χ0n) is 11.1. The summed E-state index contributed by atoms with van der Waals surface area (Å²) < 4.78 is 5.39. The predicted molar refractivity (Wildman–Crippen MR) is 79.5 cm³/mol. The number of hydrogen-bond acceptors (Lipinski definition) is 2. The lowest BCUT2D eigenvalue weighted by Gasteiger charge is -2.34. The number of amides is 1. The molecule has 0 bridgehead atoms. The minimum atomic E-state index is 0.0676. The van der Waals surface area contributed by atoms with Crippen LogP contribution in [0.1, 0.15) is 36.0 Å². The first-order valence-corrected chi connectivity index (χ1v) is 7.78. The van der Waals surface area contributed by atoms with Crippen molar-refractivity contribution < 1.29 is 9.53 Å². The molecule has 0 unspecified atom stereocenters. The van der Waals surface area contributed by atoms with Gasteiger partial charge in [-0.2, -0.15) is 0 Å². The highest BCUT2D eigenvalue weighted by atomic mass is 35.5. The first-order valence-electron chi connectivity index (χ1n) is 7.02. The summed E-state index contributed by atoms with van der Waals surface area (Å²) in [5.74, 6) is 0.0676. The molecule has 0 radical (unpaired) electrons. The van der Waals surface area contributed by atoms with E-state index in [9.17, 15) is 4.79 Å². The van der Waals surface area contributed by atoms with Crippen molar-refractivity contribution in [1.82, 2.24) is 4.90 Å². The molecule has 1 amide bonds. The summed E-state index contributed by atoms with van der Waals surface area (Å²) in [5.41, 5.74) is 0.623. The molecular formula is C15H17Cl2NO2. The molecule has 0 spiro atoms. The van der Waals surface area contributed by atoms with Crippen LogP contribution in [0, 0.1) is 0 Å². The highest BCUT2D eigenvalue weighted by Gasteiger charge is 2.38. The molecule has 1 aliphatic carbocycles. The maximum atomic E-state index is 12.8. The third-order valence-corrected chi connectivity index (χ3v) is 4.66. The van der Waals surface area contributed by atoms with Crippen LogP contribution in [0.2, 0.25) is 10.0 Å². The second kappa shape index (κ2) is 5.92. The van der Waals surface area contributed by atoms with Gasteiger partial charge in [-0.25, -0.2) is 0 Å². The lowest BCUT2D eigenvalue weighted by atomic mass is 10.0. The summed E-state index contributed by atoms with van der Waals surface area (Å²) in [6.07, 6.45) is 4.04. The van der Waals surface area contributed by atoms with E-state index in [-0.39, 0.29) is 5.91 Å². The molecule has 20 heavy (non-hydrogen) atoms. The summed E-state index contributed by atoms with van der Waals surface area (Å²) in [4.78, 5) is 14.8. The number of nitrogens with zero attached hydrogens (tertiary/aromatic N) is 1. The maximum absolute atomic E-state index is 12.8. The van der Waals surface area contributed by atoms with E-state index in [1.54, 1.807) is 18.2 Å². The average molecular weight is 314 g/mol. The van der Waals surface area contributed by atoms with E-state index in [1.165, 1.54) is 0 Å². The van der Waals surface area contributed by atoms with E-state index in [1.807, 2.05) is 4.90 Å². The summed E-state index contributed by atoms with van der Waals surface area (Å²) in [5, 5.41) is 0.910. The van der Waals surface area contributed by atoms with Crippen LogP contribution in [-0.2, 0) is 4.74 Å². The van der Waals surface area contributed by atoms with Gasteiger partial charge < -0.3 is 9.64 Å². The quantitative estimate of drug-likeness (QED) is 0.850. The zero-order valence-corrected chi connectivity index (χ0v) is 12.7. The van der Waals surface area contributed by atoms with Gasteiger partial charge in [-0.15, -0.1) is 0 Å². The number of rotatable bonds is 3. The highest BCUT2D eigenvalue weighted by molar-refractivity contribution is 6.42. The number of hydrogen-bond donors (Lipinski definition) is 0. The van der Waals surface area contributed by atoms with Gasteiger partial charge in [0.1, 0.15) is 0 Å². The first-order chi connectivity index (χ1) is 9.66. The molecular weight excluding hydrogens is 297 g/mol. The lowest BCUT2D eigenvalue weighted by Crippen LogP contribution is -2.44. The molecule has 5 heteroatoms. The maximum Gasteiger partial charge on any atom is 0.254 e. The van der Waals surface area contributed by atoms with Crippen LogP contribution in [0.4, 0.5) is 0 Å². The normalized spacial score (nSPS) is 19.9. The topological polar surface area (TPSA) is 29.5 Å². The lowest BCUT2D eigenvalue weighted by molar-refractivity contribution is 0.0267. The zero-order chi connectivity index (χ0) is 14.1. The fourth-order valence-electron chi connectivity index (χ4n) is 2.72. The van der Waals surface area contributed by atoms with E-state index in [0.717, 1.165) is 38.9 Å². The van der Waals surface area contributed by atoms with Crippen molar-refractivity contribution in [1.29, 1.82) is 0 Å². The molecule has 0 atom stereocenters. The molecule has 0 aromatic heterocycles. The fraction of sp³-hybridized carbons (Fsp3) is 0.533. The Hall–Kier alpha value is -0.770. The smallest absolute Gasteiger partial charge is 0.254 e. The molecule has 2 aliphatic rings. The number of benzene rings is 1. The van der Waals surface area contributed by atoms with Crippen LogP contribution in [0.15, 0.2) is 18.2 Å². The largest absolute Gasteiger partial charge is 0.381 e. The molecule has 1 aliphatic heterocycles. The number of ether oxygens (including phenoxy) is 1. The Morgan fingerprint density at radius 3 is 2.30 bits per heavy atom. The Morgan fingerprint density at radius 2 is 1.70 bits per heavy atom. The summed E-state index contributed by atoms with van der Waals surface area (Å²) >= 11 is 11.9. The van der Waals surface area contributed by atoms with E-state index >= 15 is 0 Å². The Labute approximate surface area is 128 Å². The van der Waals surface area contributed by atoms with Crippen molar-refractivity contribution in [2.45, 2.75) is 37.8 Å². The van der Waals surface area contributed by atoms with Crippen LogP contribution < -0.4 is 0 Å². The van der Waals surface area contributed by atoms with E-state index in [4.69, 9.17) is 27.9 Å². The monoisotopic (exact) mass is 313 g/mol. The first kappa shape index (κ1) is 14.2. The Balaban J connectivity index is 1.82. The second-order valence-corrected chi connectivity index (χ2v) is 6.23. The number of halogens is 2. The van der Waals surface area contributed by atoms with Gasteiger partial charge in [0, 0.05) is 30.9 Å². The van der Waals surface area contributed by atoms with Crippen LogP contribution in [0.3, 0.4) is 0 Å². The van der Waals surface area contributed by atoms with Gasteiger partial charge in [0.05, 0.1) is 10.0 Å². The SMILES string of the molecule is O=C(c1ccc(Cl)c(Cl)c1)N(C1CCOCC1)C1CC1. The van der Waals surface area contributed by atoms with Crippen molar-refractivity contribution in [3.8, 4) is 0 Å². The van der Waals surface area contributed by atoms with Gasteiger partial charge in [-0.3, -0.25) is 4.79 Å². The van der Waals surface area contributed by atoms with Gasteiger partial charge in [-0.05, 0) is 43.9 Å². The summed E-state index contributed by atoms with van der Waals surface area (Å²) in [7, 11) is 0.